The summed E-state index contributed by atoms with van der Waals surface area (Å²) in [5.74, 6) is -2.72. The van der Waals surface area contributed by atoms with Crippen molar-refractivity contribution < 1.29 is 22.4 Å². The van der Waals surface area contributed by atoms with Crippen LogP contribution in [0.1, 0.15) is 35.0 Å². The molecular weight excluding hydrogens is 402 g/mol. The van der Waals surface area contributed by atoms with Gasteiger partial charge in [0.1, 0.15) is 5.69 Å². The molecular formula is C20H17F4N5O. The number of amides is 1. The van der Waals surface area contributed by atoms with Crippen molar-refractivity contribution in [1.29, 1.82) is 0 Å². The summed E-state index contributed by atoms with van der Waals surface area (Å²) in [6.45, 7) is 1.59. The highest BCUT2D eigenvalue weighted by Gasteiger charge is 2.23. The summed E-state index contributed by atoms with van der Waals surface area (Å²) in [6.07, 6.45) is -1.69. The number of nitrogens with zero attached hydrogens (tertiary/aromatic N) is 3. The van der Waals surface area contributed by atoms with Gasteiger partial charge in [0.05, 0.1) is 22.6 Å². The Morgan fingerprint density at radius 3 is 2.47 bits per heavy atom. The average Bonchev–Trinajstić information content (AvgIpc) is 3.11. The number of carbonyl (C=O) groups excluding carboxylic acids is 1. The molecule has 0 aliphatic rings. The van der Waals surface area contributed by atoms with Crippen LogP contribution in [0.3, 0.4) is 0 Å². The van der Waals surface area contributed by atoms with Crippen LogP contribution < -0.4 is 10.7 Å². The summed E-state index contributed by atoms with van der Waals surface area (Å²) in [5.41, 5.74) is 3.25. The maximum absolute atomic E-state index is 13.4. The lowest BCUT2D eigenvalue weighted by Gasteiger charge is -2.11. The van der Waals surface area contributed by atoms with Crippen LogP contribution in [0, 0.1) is 11.6 Å². The van der Waals surface area contributed by atoms with E-state index in [9.17, 15) is 22.4 Å². The Morgan fingerprint density at radius 2 is 1.80 bits per heavy atom. The molecule has 0 aliphatic heterocycles. The number of carbonyl (C=O) groups is 1. The van der Waals surface area contributed by atoms with Crippen LogP contribution in [-0.4, -0.2) is 21.4 Å². The summed E-state index contributed by atoms with van der Waals surface area (Å²) in [6, 6.07) is 9.86. The molecule has 0 atom stereocenters. The van der Waals surface area contributed by atoms with Crippen molar-refractivity contribution in [3.8, 4) is 0 Å². The third-order valence-electron chi connectivity index (χ3n) is 4.17. The van der Waals surface area contributed by atoms with Gasteiger partial charge in [0.2, 0.25) is 0 Å². The standard InChI is InChI=1S/C20H17F4N5O/c1-11(12-7-8-14(21)15(22)9-12)26-27-17-6-4-3-5-16(17)25-20(30)13-10-29(2)28-18(13)19(23)24/h3-10,19,27H,1-2H3,(H,25,30)/b26-11-. The average molecular weight is 419 g/mol. The largest absolute Gasteiger partial charge is 0.320 e. The van der Waals surface area contributed by atoms with Crippen molar-refractivity contribution in [2.45, 2.75) is 13.3 Å². The number of aryl methyl sites for hydroxylation is 1. The van der Waals surface area contributed by atoms with Crippen LogP contribution in [0.2, 0.25) is 0 Å². The number of aromatic nitrogens is 2. The lowest BCUT2D eigenvalue weighted by atomic mass is 10.1. The van der Waals surface area contributed by atoms with E-state index in [1.54, 1.807) is 31.2 Å². The Bertz CT molecular complexity index is 1110. The van der Waals surface area contributed by atoms with Crippen molar-refractivity contribution in [3.05, 3.63) is 77.1 Å². The van der Waals surface area contributed by atoms with Crippen molar-refractivity contribution >= 4 is 23.0 Å². The van der Waals surface area contributed by atoms with Gasteiger partial charge in [0.25, 0.3) is 12.3 Å². The molecule has 0 bridgehead atoms. The second kappa shape index (κ2) is 8.76. The predicted molar refractivity (Wildman–Crippen MR) is 105 cm³/mol. The second-order valence-electron chi connectivity index (χ2n) is 6.34. The van der Waals surface area contributed by atoms with Gasteiger partial charge in [-0.05, 0) is 37.3 Å². The number of benzene rings is 2. The highest BCUT2D eigenvalue weighted by molar-refractivity contribution is 6.06. The fraction of sp³-hybridized carbons (Fsp3) is 0.150. The van der Waals surface area contributed by atoms with E-state index in [0.29, 0.717) is 17.0 Å². The zero-order chi connectivity index (χ0) is 21.8. The summed E-state index contributed by atoms with van der Waals surface area (Å²) in [5, 5.41) is 10.3. The van der Waals surface area contributed by atoms with Gasteiger partial charge >= 0.3 is 0 Å². The molecule has 0 radical (unpaired) electrons. The van der Waals surface area contributed by atoms with Gasteiger partial charge in [0, 0.05) is 18.8 Å². The van der Waals surface area contributed by atoms with Crippen molar-refractivity contribution in [2.24, 2.45) is 12.1 Å². The molecule has 1 amide bonds. The Labute approximate surface area is 169 Å². The van der Waals surface area contributed by atoms with Crippen LogP contribution in [0.5, 0.6) is 0 Å². The topological polar surface area (TPSA) is 71.3 Å². The van der Waals surface area contributed by atoms with Crippen LogP contribution >= 0.6 is 0 Å². The van der Waals surface area contributed by atoms with Gasteiger partial charge in [-0.3, -0.25) is 14.9 Å². The minimum absolute atomic E-state index is 0.247. The lowest BCUT2D eigenvalue weighted by molar-refractivity contribution is 0.101. The van der Waals surface area contributed by atoms with Gasteiger partial charge in [-0.25, -0.2) is 17.6 Å². The number of hydrogen-bond acceptors (Lipinski definition) is 4. The van der Waals surface area contributed by atoms with Crippen molar-refractivity contribution in [1.82, 2.24) is 9.78 Å². The van der Waals surface area contributed by atoms with E-state index >= 15 is 0 Å². The SMILES string of the molecule is C/C(=N/Nc1ccccc1NC(=O)c1cn(C)nc1C(F)F)c1ccc(F)c(F)c1. The highest BCUT2D eigenvalue weighted by Crippen LogP contribution is 2.25. The molecule has 0 saturated carbocycles. The number of halogens is 4. The van der Waals surface area contributed by atoms with E-state index in [2.05, 4.69) is 20.9 Å². The highest BCUT2D eigenvalue weighted by atomic mass is 19.3. The van der Waals surface area contributed by atoms with Crippen LogP contribution in [0.25, 0.3) is 0 Å². The minimum Gasteiger partial charge on any atom is -0.320 e. The Morgan fingerprint density at radius 1 is 1.10 bits per heavy atom. The first kappa shape index (κ1) is 21.0. The molecule has 2 N–H and O–H groups in total. The van der Waals surface area contributed by atoms with Gasteiger partial charge < -0.3 is 5.32 Å². The summed E-state index contributed by atoms with van der Waals surface area (Å²) >= 11 is 0. The molecule has 1 aromatic heterocycles. The first-order chi connectivity index (χ1) is 14.3. The number of hydrogen-bond donors (Lipinski definition) is 2. The zero-order valence-electron chi connectivity index (χ0n) is 16.0. The fourth-order valence-corrected chi connectivity index (χ4v) is 2.65. The summed E-state index contributed by atoms with van der Waals surface area (Å²) in [4.78, 5) is 12.5. The molecule has 3 rings (SSSR count). The number of hydrazone groups is 1. The second-order valence-corrected chi connectivity index (χ2v) is 6.34. The fourth-order valence-electron chi connectivity index (χ4n) is 2.65. The Kier molecular flexibility index (Phi) is 6.14. The first-order valence-corrected chi connectivity index (χ1v) is 8.74. The Balaban J connectivity index is 1.81. The minimum atomic E-state index is -2.90. The number of nitrogens with one attached hydrogen (secondary N) is 2. The van der Waals surface area contributed by atoms with Gasteiger partial charge in [0.15, 0.2) is 11.6 Å². The smallest absolute Gasteiger partial charge is 0.282 e. The van der Waals surface area contributed by atoms with E-state index in [4.69, 9.17) is 0 Å². The quantitative estimate of drug-likeness (QED) is 0.345. The monoisotopic (exact) mass is 419 g/mol. The molecule has 1 heterocycles. The molecule has 0 fully saturated rings. The summed E-state index contributed by atoms with van der Waals surface area (Å²) in [7, 11) is 1.44. The van der Waals surface area contributed by atoms with Crippen LogP contribution in [0.4, 0.5) is 28.9 Å². The maximum atomic E-state index is 13.4. The normalized spacial score (nSPS) is 11.6. The van der Waals surface area contributed by atoms with E-state index < -0.39 is 29.7 Å². The number of para-hydroxylation sites is 2. The molecule has 3 aromatic rings. The number of alkyl halides is 2. The van der Waals surface area contributed by atoms with Crippen molar-refractivity contribution in [2.75, 3.05) is 10.7 Å². The van der Waals surface area contributed by atoms with E-state index in [0.717, 1.165) is 16.8 Å². The van der Waals surface area contributed by atoms with Gasteiger partial charge in [-0.15, -0.1) is 0 Å². The van der Waals surface area contributed by atoms with Gasteiger partial charge in [-0.1, -0.05) is 12.1 Å². The molecule has 0 saturated heterocycles. The van der Waals surface area contributed by atoms with E-state index in [-0.39, 0.29) is 11.3 Å². The molecule has 0 unspecified atom stereocenters. The summed E-state index contributed by atoms with van der Waals surface area (Å²) < 4.78 is 53.8. The number of rotatable bonds is 6. The molecule has 0 spiro atoms. The van der Waals surface area contributed by atoms with Gasteiger partial charge in [-0.2, -0.15) is 10.2 Å². The molecule has 6 nitrogen and oxygen atoms in total. The maximum Gasteiger partial charge on any atom is 0.282 e. The first-order valence-electron chi connectivity index (χ1n) is 8.74. The molecule has 156 valence electrons. The molecule has 0 aliphatic carbocycles. The lowest BCUT2D eigenvalue weighted by Crippen LogP contribution is -2.14. The van der Waals surface area contributed by atoms with E-state index in [1.807, 2.05) is 0 Å². The molecule has 10 heteroatoms. The van der Waals surface area contributed by atoms with Crippen LogP contribution in [-0.2, 0) is 7.05 Å². The Hall–Kier alpha value is -3.69. The molecule has 30 heavy (non-hydrogen) atoms. The van der Waals surface area contributed by atoms with Crippen LogP contribution in [0.15, 0.2) is 53.8 Å². The number of anilines is 2. The third-order valence-corrected chi connectivity index (χ3v) is 4.17. The predicted octanol–water partition coefficient (Wildman–Crippen LogP) is 4.72. The third kappa shape index (κ3) is 4.65. The van der Waals surface area contributed by atoms with E-state index in [1.165, 1.54) is 19.3 Å². The van der Waals surface area contributed by atoms with Crippen molar-refractivity contribution in [3.63, 3.8) is 0 Å². The molecule has 2 aromatic carbocycles. The zero-order valence-corrected chi connectivity index (χ0v) is 16.0.